The van der Waals surface area contributed by atoms with Crippen molar-refractivity contribution < 1.29 is 18.7 Å². The molecule has 1 amide bonds. The molecule has 8 nitrogen and oxygen atoms in total. The fourth-order valence-corrected chi connectivity index (χ4v) is 5.00. The molecule has 4 unspecified atom stereocenters. The number of carbonyl (C=O) groups excluding carboxylic acids is 1. The lowest BCUT2D eigenvalue weighted by atomic mass is 9.97. The molecule has 1 aromatic carbocycles. The van der Waals surface area contributed by atoms with Crippen LogP contribution in [-0.4, -0.2) is 57.8 Å². The lowest BCUT2D eigenvalue weighted by molar-refractivity contribution is -0.0150. The number of amides is 1. The third kappa shape index (κ3) is 6.06. The van der Waals surface area contributed by atoms with E-state index in [-0.39, 0.29) is 29.9 Å². The van der Waals surface area contributed by atoms with Gasteiger partial charge in [-0.05, 0) is 76.6 Å². The molecule has 4 rings (SSSR count). The molecule has 2 heterocycles. The van der Waals surface area contributed by atoms with Crippen LogP contribution in [0.15, 0.2) is 36.7 Å². The molecule has 186 valence electrons. The van der Waals surface area contributed by atoms with Crippen LogP contribution in [0, 0.1) is 17.1 Å². The maximum Gasteiger partial charge on any atom is 0.410 e. The maximum atomic E-state index is 13.5. The van der Waals surface area contributed by atoms with Gasteiger partial charge in [0.25, 0.3) is 0 Å². The Kier molecular flexibility index (Phi) is 7.51. The number of benzene rings is 1. The van der Waals surface area contributed by atoms with Crippen molar-refractivity contribution in [1.29, 1.82) is 5.26 Å². The van der Waals surface area contributed by atoms with E-state index in [2.05, 4.69) is 15.3 Å². The zero-order valence-corrected chi connectivity index (χ0v) is 20.4. The van der Waals surface area contributed by atoms with Crippen LogP contribution in [0.4, 0.5) is 9.18 Å². The van der Waals surface area contributed by atoms with Crippen LogP contribution in [0.1, 0.15) is 63.5 Å². The Morgan fingerprint density at radius 3 is 2.46 bits per heavy atom. The van der Waals surface area contributed by atoms with Gasteiger partial charge >= 0.3 is 12.1 Å². The Bertz CT molecular complexity index is 1040. The number of hydrogen-bond donors (Lipinski definition) is 1. The van der Waals surface area contributed by atoms with Gasteiger partial charge in [0.2, 0.25) is 0 Å². The highest BCUT2D eigenvalue weighted by Gasteiger charge is 2.43. The minimum Gasteiger partial charge on any atom is -0.456 e. The van der Waals surface area contributed by atoms with E-state index in [4.69, 9.17) is 14.7 Å². The number of carbonyl (C=O) groups is 1. The van der Waals surface area contributed by atoms with Gasteiger partial charge in [0.15, 0.2) is 0 Å². The van der Waals surface area contributed by atoms with Crippen molar-refractivity contribution in [2.24, 2.45) is 0 Å². The van der Waals surface area contributed by atoms with Crippen molar-refractivity contribution in [1.82, 2.24) is 20.2 Å². The number of piperidine rings is 1. The molecule has 0 bridgehead atoms. The molecular weight excluding hydrogens is 449 g/mol. The minimum atomic E-state index is -0.529. The molecule has 1 aliphatic heterocycles. The van der Waals surface area contributed by atoms with Crippen LogP contribution in [0.25, 0.3) is 0 Å². The van der Waals surface area contributed by atoms with Crippen molar-refractivity contribution in [2.45, 2.75) is 76.2 Å². The van der Waals surface area contributed by atoms with Crippen molar-refractivity contribution in [3.8, 4) is 12.1 Å². The Morgan fingerprint density at radius 1 is 1.17 bits per heavy atom. The highest BCUT2D eigenvalue weighted by Crippen LogP contribution is 2.39. The number of aromatic nitrogens is 2. The van der Waals surface area contributed by atoms with Crippen LogP contribution in [0.2, 0.25) is 0 Å². The molecule has 1 aliphatic carbocycles. The predicted octanol–water partition coefficient (Wildman–Crippen LogP) is 4.17. The number of rotatable bonds is 5. The van der Waals surface area contributed by atoms with Gasteiger partial charge in [-0.1, -0.05) is 12.1 Å². The molecule has 1 saturated heterocycles. The Balaban J connectivity index is 1.54. The van der Waals surface area contributed by atoms with Gasteiger partial charge in [0.1, 0.15) is 24.1 Å². The lowest BCUT2D eigenvalue weighted by Crippen LogP contribution is -2.57. The van der Waals surface area contributed by atoms with Crippen molar-refractivity contribution >= 4 is 6.09 Å². The van der Waals surface area contributed by atoms with Gasteiger partial charge in [-0.15, -0.1) is 0 Å². The summed E-state index contributed by atoms with van der Waals surface area (Å²) >= 11 is 0. The summed E-state index contributed by atoms with van der Waals surface area (Å²) in [4.78, 5) is 23.6. The Labute approximate surface area is 205 Å². The second kappa shape index (κ2) is 10.6. The van der Waals surface area contributed by atoms with Crippen molar-refractivity contribution in [3.05, 3.63) is 53.6 Å². The summed E-state index contributed by atoms with van der Waals surface area (Å²) in [6.45, 7) is 7.71. The normalized spacial score (nSPS) is 24.4. The monoisotopic (exact) mass is 481 g/mol. The van der Waals surface area contributed by atoms with Gasteiger partial charge in [-0.25, -0.2) is 19.2 Å². The highest BCUT2D eigenvalue weighted by molar-refractivity contribution is 5.69. The SMILES string of the molecule is CC(C)(C)N(C(=O)OC1CC(c2ccc(F)cc2)CC1Oc1ncc(C#N)cn1)C1CCCNC1. The topological polar surface area (TPSA) is 100 Å². The van der Waals surface area contributed by atoms with Crippen molar-refractivity contribution in [2.75, 3.05) is 13.1 Å². The zero-order chi connectivity index (χ0) is 25.0. The fourth-order valence-electron chi connectivity index (χ4n) is 5.00. The first-order valence-electron chi connectivity index (χ1n) is 12.1. The second-order valence-corrected chi connectivity index (χ2v) is 10.2. The third-order valence-electron chi connectivity index (χ3n) is 6.61. The zero-order valence-electron chi connectivity index (χ0n) is 20.4. The molecule has 0 radical (unpaired) electrons. The molecule has 1 saturated carbocycles. The third-order valence-corrected chi connectivity index (χ3v) is 6.61. The molecular formula is C26H32FN5O3. The maximum absolute atomic E-state index is 13.5. The highest BCUT2D eigenvalue weighted by atomic mass is 19.1. The average molecular weight is 482 g/mol. The van der Waals surface area contributed by atoms with Crippen LogP contribution in [0.3, 0.4) is 0 Å². The standard InChI is InChI=1S/C26H32FN5O3/c1-26(2,3)32(21-5-4-10-29-16-21)25(33)35-23-12-19(18-6-8-20(27)9-7-18)11-22(23)34-24-30-14-17(13-28)15-31-24/h6-9,14-15,19,21-23,29H,4-5,10-12,16H2,1-3H3. The van der Waals surface area contributed by atoms with Gasteiger partial charge in [-0.3, -0.25) is 4.90 Å². The van der Waals surface area contributed by atoms with Crippen LogP contribution < -0.4 is 10.1 Å². The summed E-state index contributed by atoms with van der Waals surface area (Å²) in [6, 6.07) is 8.54. The molecule has 9 heteroatoms. The van der Waals surface area contributed by atoms with Crippen LogP contribution >= 0.6 is 0 Å². The van der Waals surface area contributed by atoms with Gasteiger partial charge in [-0.2, -0.15) is 5.26 Å². The van der Waals surface area contributed by atoms with E-state index < -0.39 is 17.7 Å². The van der Waals surface area contributed by atoms with Gasteiger partial charge in [0, 0.05) is 18.1 Å². The van der Waals surface area contributed by atoms with E-state index in [1.807, 2.05) is 31.7 Å². The summed E-state index contributed by atoms with van der Waals surface area (Å²) < 4.78 is 25.7. The van der Waals surface area contributed by atoms with E-state index in [0.717, 1.165) is 31.5 Å². The number of nitriles is 1. The average Bonchev–Trinajstić information content (AvgIpc) is 3.21. The first kappa shape index (κ1) is 24.9. The van der Waals surface area contributed by atoms with Crippen LogP contribution in [0.5, 0.6) is 6.01 Å². The van der Waals surface area contributed by atoms with E-state index in [9.17, 15) is 9.18 Å². The summed E-state index contributed by atoms with van der Waals surface area (Å²) in [7, 11) is 0. The molecule has 0 spiro atoms. The number of hydrogen-bond acceptors (Lipinski definition) is 7. The molecule has 2 aliphatic rings. The summed E-state index contributed by atoms with van der Waals surface area (Å²) in [5.74, 6) is -0.272. The van der Waals surface area contributed by atoms with Crippen LogP contribution in [-0.2, 0) is 4.74 Å². The molecule has 4 atom stereocenters. The number of nitrogens with zero attached hydrogens (tertiary/aromatic N) is 4. The second-order valence-electron chi connectivity index (χ2n) is 10.2. The summed E-state index contributed by atoms with van der Waals surface area (Å²) in [5, 5.41) is 12.4. The minimum absolute atomic E-state index is 0.0243. The lowest BCUT2D eigenvalue weighted by Gasteiger charge is -2.43. The number of ether oxygens (including phenoxy) is 2. The fraction of sp³-hybridized carbons (Fsp3) is 0.538. The number of halogens is 1. The first-order chi connectivity index (χ1) is 16.7. The van der Waals surface area contributed by atoms with E-state index in [1.54, 1.807) is 12.1 Å². The molecule has 2 fully saturated rings. The van der Waals surface area contributed by atoms with Crippen molar-refractivity contribution in [3.63, 3.8) is 0 Å². The quantitative estimate of drug-likeness (QED) is 0.684. The molecule has 1 N–H and O–H groups in total. The summed E-state index contributed by atoms with van der Waals surface area (Å²) in [6.07, 6.45) is 4.44. The van der Waals surface area contributed by atoms with E-state index >= 15 is 0 Å². The molecule has 2 aromatic rings. The van der Waals surface area contributed by atoms with E-state index in [0.29, 0.717) is 18.4 Å². The Morgan fingerprint density at radius 2 is 1.86 bits per heavy atom. The van der Waals surface area contributed by atoms with Gasteiger partial charge < -0.3 is 14.8 Å². The summed E-state index contributed by atoms with van der Waals surface area (Å²) in [5.41, 5.74) is 0.879. The largest absolute Gasteiger partial charge is 0.456 e. The molecule has 35 heavy (non-hydrogen) atoms. The molecule has 1 aromatic heterocycles. The Hall–Kier alpha value is -3.25. The first-order valence-corrected chi connectivity index (χ1v) is 12.1. The number of nitrogens with one attached hydrogen (secondary N) is 1. The smallest absolute Gasteiger partial charge is 0.410 e. The van der Waals surface area contributed by atoms with Gasteiger partial charge in [0.05, 0.1) is 18.0 Å². The predicted molar refractivity (Wildman–Crippen MR) is 127 cm³/mol. The van der Waals surface area contributed by atoms with E-state index in [1.165, 1.54) is 24.5 Å².